The number of amides is 1. The van der Waals surface area contributed by atoms with Crippen LogP contribution >= 0.6 is 11.6 Å². The van der Waals surface area contributed by atoms with E-state index in [1.165, 1.54) is 18.3 Å². The van der Waals surface area contributed by atoms with Gasteiger partial charge in [0.2, 0.25) is 0 Å². The zero-order valence-corrected chi connectivity index (χ0v) is 11.5. The van der Waals surface area contributed by atoms with Crippen LogP contribution in [0.4, 0.5) is 8.78 Å². The molecule has 0 unspecified atom stereocenters. The van der Waals surface area contributed by atoms with Gasteiger partial charge in [-0.05, 0) is 18.2 Å². The molecule has 1 heterocycles. The lowest BCUT2D eigenvalue weighted by atomic mass is 10.2. The first-order chi connectivity index (χ1) is 10.1. The van der Waals surface area contributed by atoms with Crippen molar-refractivity contribution in [2.24, 2.45) is 0 Å². The van der Waals surface area contributed by atoms with Crippen LogP contribution in [-0.2, 0) is 6.54 Å². The molecule has 0 bridgehead atoms. The van der Waals surface area contributed by atoms with E-state index >= 15 is 0 Å². The first-order valence-corrected chi connectivity index (χ1v) is 6.37. The average Bonchev–Trinajstić information content (AvgIpc) is 2.46. The zero-order valence-electron chi connectivity index (χ0n) is 10.7. The molecule has 0 aliphatic heterocycles. The largest absolute Gasteiger partial charge is 0.434 e. The number of nitrogens with one attached hydrogen (secondary N) is 1. The Balaban J connectivity index is 2.07. The minimum Gasteiger partial charge on any atom is -0.434 e. The molecule has 110 valence electrons. The van der Waals surface area contributed by atoms with Crippen molar-refractivity contribution in [3.63, 3.8) is 0 Å². The first-order valence-electron chi connectivity index (χ1n) is 5.99. The second-order valence-corrected chi connectivity index (χ2v) is 4.37. The summed E-state index contributed by atoms with van der Waals surface area (Å²) >= 11 is 5.81. The second kappa shape index (κ2) is 6.99. The SMILES string of the molecule is O=C(NCc1ccccc1OC(F)F)c1cccnc1Cl. The molecule has 0 fully saturated rings. The van der Waals surface area contributed by atoms with Gasteiger partial charge in [-0.2, -0.15) is 8.78 Å². The average molecular weight is 313 g/mol. The van der Waals surface area contributed by atoms with E-state index in [9.17, 15) is 13.6 Å². The topological polar surface area (TPSA) is 51.2 Å². The molecule has 1 N–H and O–H groups in total. The van der Waals surface area contributed by atoms with Gasteiger partial charge in [0.05, 0.1) is 5.56 Å². The number of nitrogens with zero attached hydrogens (tertiary/aromatic N) is 1. The van der Waals surface area contributed by atoms with Crippen LogP contribution in [0, 0.1) is 0 Å². The van der Waals surface area contributed by atoms with Crippen molar-refractivity contribution in [2.75, 3.05) is 0 Å². The van der Waals surface area contributed by atoms with Crippen molar-refractivity contribution >= 4 is 17.5 Å². The first kappa shape index (κ1) is 15.2. The quantitative estimate of drug-likeness (QED) is 0.862. The summed E-state index contributed by atoms with van der Waals surface area (Å²) in [5.74, 6) is -0.426. The van der Waals surface area contributed by atoms with Crippen LogP contribution in [0.25, 0.3) is 0 Å². The Morgan fingerprint density at radius 2 is 2.05 bits per heavy atom. The van der Waals surface area contributed by atoms with Crippen LogP contribution in [0.2, 0.25) is 5.15 Å². The highest BCUT2D eigenvalue weighted by atomic mass is 35.5. The number of hydrogen-bond acceptors (Lipinski definition) is 3. The molecule has 2 rings (SSSR count). The molecular formula is C14H11ClF2N2O2. The highest BCUT2D eigenvalue weighted by Gasteiger charge is 2.13. The molecule has 1 aromatic carbocycles. The number of halogens is 3. The van der Waals surface area contributed by atoms with Crippen molar-refractivity contribution in [1.29, 1.82) is 0 Å². The Hall–Kier alpha value is -2.21. The maximum absolute atomic E-state index is 12.3. The number of pyridine rings is 1. The van der Waals surface area contributed by atoms with Crippen LogP contribution in [-0.4, -0.2) is 17.5 Å². The second-order valence-electron chi connectivity index (χ2n) is 4.01. The third-order valence-corrected chi connectivity index (χ3v) is 2.93. The predicted molar refractivity (Wildman–Crippen MR) is 73.5 cm³/mol. The molecule has 0 saturated carbocycles. The molecule has 0 atom stereocenters. The van der Waals surface area contributed by atoms with Crippen LogP contribution in [0.5, 0.6) is 5.75 Å². The third-order valence-electron chi connectivity index (χ3n) is 2.63. The number of ether oxygens (including phenoxy) is 1. The van der Waals surface area contributed by atoms with Gasteiger partial charge >= 0.3 is 6.61 Å². The molecule has 0 radical (unpaired) electrons. The van der Waals surface area contributed by atoms with E-state index in [1.54, 1.807) is 24.3 Å². The number of hydrogen-bond donors (Lipinski definition) is 1. The fourth-order valence-corrected chi connectivity index (χ4v) is 1.89. The highest BCUT2D eigenvalue weighted by Crippen LogP contribution is 2.20. The lowest BCUT2D eigenvalue weighted by Gasteiger charge is -2.11. The van der Waals surface area contributed by atoms with E-state index in [-0.39, 0.29) is 23.0 Å². The summed E-state index contributed by atoms with van der Waals surface area (Å²) in [6, 6.07) is 9.33. The fraction of sp³-hybridized carbons (Fsp3) is 0.143. The summed E-state index contributed by atoms with van der Waals surface area (Å²) in [5, 5.41) is 2.66. The molecule has 7 heteroatoms. The lowest BCUT2D eigenvalue weighted by molar-refractivity contribution is -0.0504. The van der Waals surface area contributed by atoms with Gasteiger partial charge in [0.15, 0.2) is 0 Å². The summed E-state index contributed by atoms with van der Waals surface area (Å²) < 4.78 is 28.9. The minimum absolute atomic E-state index is 0.0186. The van der Waals surface area contributed by atoms with Crippen molar-refractivity contribution in [3.8, 4) is 5.75 Å². The van der Waals surface area contributed by atoms with Gasteiger partial charge in [-0.25, -0.2) is 4.98 Å². The standard InChI is InChI=1S/C14H11ClF2N2O2/c15-12-10(5-3-7-18-12)13(20)19-8-9-4-1-2-6-11(9)21-14(16)17/h1-7,14H,8H2,(H,19,20). The summed E-state index contributed by atoms with van der Waals surface area (Å²) in [6.45, 7) is -2.89. The lowest BCUT2D eigenvalue weighted by Crippen LogP contribution is -2.23. The Labute approximate surface area is 124 Å². The van der Waals surface area contributed by atoms with Gasteiger partial charge in [-0.3, -0.25) is 4.79 Å². The normalized spacial score (nSPS) is 10.5. The van der Waals surface area contributed by atoms with Crippen molar-refractivity contribution in [2.45, 2.75) is 13.2 Å². The van der Waals surface area contributed by atoms with Crippen molar-refractivity contribution < 1.29 is 18.3 Å². The molecule has 1 aromatic heterocycles. The fourth-order valence-electron chi connectivity index (χ4n) is 1.69. The van der Waals surface area contributed by atoms with Crippen LogP contribution in [0.3, 0.4) is 0 Å². The minimum atomic E-state index is -2.92. The van der Waals surface area contributed by atoms with Crippen molar-refractivity contribution in [3.05, 3.63) is 58.9 Å². The Kier molecular flexibility index (Phi) is 5.05. The molecule has 4 nitrogen and oxygen atoms in total. The van der Waals surface area contributed by atoms with E-state index in [2.05, 4.69) is 15.0 Å². The Morgan fingerprint density at radius 3 is 2.76 bits per heavy atom. The zero-order chi connectivity index (χ0) is 15.2. The van der Waals surface area contributed by atoms with E-state index in [0.29, 0.717) is 5.56 Å². The van der Waals surface area contributed by atoms with Crippen molar-refractivity contribution in [1.82, 2.24) is 10.3 Å². The number of carbonyl (C=O) groups excluding carboxylic acids is 1. The number of alkyl halides is 2. The van der Waals surface area contributed by atoms with Gasteiger partial charge in [0, 0.05) is 18.3 Å². The number of aromatic nitrogens is 1. The summed E-state index contributed by atoms with van der Waals surface area (Å²) in [4.78, 5) is 15.7. The smallest absolute Gasteiger partial charge is 0.387 e. The highest BCUT2D eigenvalue weighted by molar-refractivity contribution is 6.32. The Morgan fingerprint density at radius 1 is 1.29 bits per heavy atom. The maximum Gasteiger partial charge on any atom is 0.387 e. The van der Waals surface area contributed by atoms with Crippen LogP contribution in [0.1, 0.15) is 15.9 Å². The van der Waals surface area contributed by atoms with Gasteiger partial charge in [-0.1, -0.05) is 29.8 Å². The number of benzene rings is 1. The molecule has 2 aromatic rings. The number of para-hydroxylation sites is 1. The van der Waals surface area contributed by atoms with Gasteiger partial charge < -0.3 is 10.1 Å². The summed E-state index contributed by atoms with van der Waals surface area (Å²) in [7, 11) is 0. The molecule has 0 spiro atoms. The van der Waals surface area contributed by atoms with E-state index in [0.717, 1.165) is 0 Å². The molecule has 0 aliphatic rings. The van der Waals surface area contributed by atoms with Crippen LogP contribution < -0.4 is 10.1 Å². The van der Waals surface area contributed by atoms with Crippen LogP contribution in [0.15, 0.2) is 42.6 Å². The number of carbonyl (C=O) groups is 1. The van der Waals surface area contributed by atoms with Gasteiger partial charge in [-0.15, -0.1) is 0 Å². The predicted octanol–water partition coefficient (Wildman–Crippen LogP) is 3.27. The monoisotopic (exact) mass is 312 g/mol. The number of rotatable bonds is 5. The Bertz CT molecular complexity index is 638. The molecule has 1 amide bonds. The van der Waals surface area contributed by atoms with Gasteiger partial charge in [0.1, 0.15) is 10.9 Å². The van der Waals surface area contributed by atoms with E-state index in [1.807, 2.05) is 0 Å². The van der Waals surface area contributed by atoms with Gasteiger partial charge in [0.25, 0.3) is 5.91 Å². The molecule has 0 aliphatic carbocycles. The maximum atomic E-state index is 12.3. The summed E-state index contributed by atoms with van der Waals surface area (Å²) in [5.41, 5.74) is 0.651. The molecule has 21 heavy (non-hydrogen) atoms. The molecular weight excluding hydrogens is 302 g/mol. The third kappa shape index (κ3) is 4.13. The molecule has 0 saturated heterocycles. The van der Waals surface area contributed by atoms with E-state index < -0.39 is 12.5 Å². The van der Waals surface area contributed by atoms with E-state index in [4.69, 9.17) is 11.6 Å². The summed E-state index contributed by atoms with van der Waals surface area (Å²) in [6.07, 6.45) is 1.46.